The number of hydrogen-bond donors (Lipinski definition) is 1. The average molecular weight is 278 g/mol. The number of hydrogen-bond acceptors (Lipinski definition) is 4. The number of carbonyl (C=O) groups is 1. The van der Waals surface area contributed by atoms with Crippen LogP contribution in [0.3, 0.4) is 0 Å². The number of hydrazone groups is 1. The molecule has 1 amide bonds. The lowest BCUT2D eigenvalue weighted by atomic mass is 10.2. The second kappa shape index (κ2) is 6.47. The van der Waals surface area contributed by atoms with Gasteiger partial charge in [0.25, 0.3) is 5.91 Å². The molecule has 2 heterocycles. The maximum Gasteiger partial charge on any atom is 0.272 e. The summed E-state index contributed by atoms with van der Waals surface area (Å²) in [5.41, 5.74) is 4.22. The molecule has 1 N–H and O–H groups in total. The molecule has 5 heteroatoms. The van der Waals surface area contributed by atoms with Gasteiger partial charge in [-0.2, -0.15) is 16.4 Å². The molecule has 0 atom stereocenters. The largest absolute Gasteiger partial charge is 0.272 e. The number of aryl methyl sites for hydroxylation is 1. The highest BCUT2D eigenvalue weighted by Gasteiger charge is 2.07. The summed E-state index contributed by atoms with van der Waals surface area (Å²) in [5.74, 6) is -0.153. The first-order valence-corrected chi connectivity index (χ1v) is 7.55. The van der Waals surface area contributed by atoms with E-state index >= 15 is 0 Å². The van der Waals surface area contributed by atoms with Crippen LogP contribution in [-0.4, -0.2) is 12.1 Å². The zero-order valence-electron chi connectivity index (χ0n) is 10.1. The molecule has 2 aromatic heterocycles. The average Bonchev–Trinajstić information content (AvgIpc) is 3.00. The minimum Gasteiger partial charge on any atom is -0.267 e. The minimum atomic E-state index is -0.153. The Balaban J connectivity index is 1.91. The van der Waals surface area contributed by atoms with Crippen molar-refractivity contribution < 1.29 is 4.79 Å². The van der Waals surface area contributed by atoms with Crippen molar-refractivity contribution in [3.05, 3.63) is 44.3 Å². The van der Waals surface area contributed by atoms with Crippen molar-refractivity contribution in [1.82, 2.24) is 5.43 Å². The van der Waals surface area contributed by atoms with Crippen LogP contribution in [0.5, 0.6) is 0 Å². The van der Waals surface area contributed by atoms with Gasteiger partial charge in [0.1, 0.15) is 0 Å². The summed E-state index contributed by atoms with van der Waals surface area (Å²) in [6, 6.07) is 3.88. The third kappa shape index (κ3) is 3.51. The van der Waals surface area contributed by atoms with Crippen molar-refractivity contribution in [2.75, 3.05) is 0 Å². The van der Waals surface area contributed by atoms with E-state index in [9.17, 15) is 4.79 Å². The highest BCUT2D eigenvalue weighted by Crippen LogP contribution is 2.16. The minimum absolute atomic E-state index is 0.153. The van der Waals surface area contributed by atoms with Gasteiger partial charge >= 0.3 is 0 Å². The lowest BCUT2D eigenvalue weighted by Gasteiger charge is -1.95. The van der Waals surface area contributed by atoms with Crippen molar-refractivity contribution in [3.63, 3.8) is 0 Å². The van der Waals surface area contributed by atoms with Crippen molar-refractivity contribution >= 4 is 34.8 Å². The summed E-state index contributed by atoms with van der Waals surface area (Å²) in [4.78, 5) is 13.0. The van der Waals surface area contributed by atoms with Gasteiger partial charge in [0, 0.05) is 15.8 Å². The van der Waals surface area contributed by atoms with Crippen molar-refractivity contribution in [1.29, 1.82) is 0 Å². The van der Waals surface area contributed by atoms with Crippen LogP contribution in [-0.2, 0) is 6.42 Å². The van der Waals surface area contributed by atoms with Gasteiger partial charge in [0.15, 0.2) is 0 Å². The van der Waals surface area contributed by atoms with Crippen LogP contribution >= 0.6 is 22.7 Å². The van der Waals surface area contributed by atoms with Gasteiger partial charge in [-0.15, -0.1) is 11.3 Å². The number of rotatable bonds is 5. The monoisotopic (exact) mass is 278 g/mol. The molecule has 0 saturated heterocycles. The Kier molecular flexibility index (Phi) is 4.66. The maximum atomic E-state index is 11.8. The molecule has 0 aliphatic heterocycles. The number of nitrogens with one attached hydrogen (secondary N) is 1. The summed E-state index contributed by atoms with van der Waals surface area (Å²) in [5, 5.41) is 9.75. The third-order valence-electron chi connectivity index (χ3n) is 2.34. The number of amides is 1. The Hall–Kier alpha value is -1.46. The highest BCUT2D eigenvalue weighted by atomic mass is 32.1. The zero-order valence-corrected chi connectivity index (χ0v) is 11.7. The number of carbonyl (C=O) groups excluding carboxylic acids is 1. The van der Waals surface area contributed by atoms with E-state index in [1.54, 1.807) is 28.9 Å². The van der Waals surface area contributed by atoms with E-state index in [1.807, 2.05) is 28.3 Å². The molecule has 0 aliphatic rings. The predicted molar refractivity (Wildman–Crippen MR) is 77.7 cm³/mol. The van der Waals surface area contributed by atoms with Gasteiger partial charge in [-0.25, -0.2) is 5.43 Å². The van der Waals surface area contributed by atoms with E-state index in [-0.39, 0.29) is 5.91 Å². The first-order valence-electron chi connectivity index (χ1n) is 5.72. The lowest BCUT2D eigenvalue weighted by Crippen LogP contribution is -2.16. The molecule has 0 aromatic carbocycles. The van der Waals surface area contributed by atoms with E-state index in [0.29, 0.717) is 5.56 Å². The molecule has 2 rings (SSSR count). The maximum absolute atomic E-state index is 11.8. The highest BCUT2D eigenvalue weighted by molar-refractivity contribution is 7.10. The van der Waals surface area contributed by atoms with Crippen LogP contribution < -0.4 is 5.43 Å². The van der Waals surface area contributed by atoms with Crippen LogP contribution in [0, 0.1) is 0 Å². The van der Waals surface area contributed by atoms with Crippen LogP contribution in [0.25, 0.3) is 0 Å². The molecule has 0 spiro atoms. The lowest BCUT2D eigenvalue weighted by molar-refractivity contribution is 0.0955. The fourth-order valence-corrected chi connectivity index (χ4v) is 3.04. The predicted octanol–water partition coefficient (Wildman–Crippen LogP) is 3.53. The second-order valence-electron chi connectivity index (χ2n) is 3.81. The standard InChI is InChI=1S/C13H14N2OS2/c1-2-3-12-6-11(9-18-12)13(16)15-14-7-10-4-5-17-8-10/h4-9H,2-3H2,1H3,(H,15,16)/b14-7+. The topological polar surface area (TPSA) is 41.5 Å². The third-order valence-corrected chi connectivity index (χ3v) is 4.03. The summed E-state index contributed by atoms with van der Waals surface area (Å²) < 4.78 is 0. The van der Waals surface area contributed by atoms with Crippen LogP contribution in [0.1, 0.15) is 34.1 Å². The SMILES string of the molecule is CCCc1cc(C(=O)N/N=C/c2ccsc2)cs1. The summed E-state index contributed by atoms with van der Waals surface area (Å²) in [7, 11) is 0. The smallest absolute Gasteiger partial charge is 0.267 e. The first kappa shape index (κ1) is 13.0. The Morgan fingerprint density at radius 1 is 1.50 bits per heavy atom. The number of nitrogens with zero attached hydrogens (tertiary/aromatic N) is 1. The molecule has 18 heavy (non-hydrogen) atoms. The van der Waals surface area contributed by atoms with E-state index in [0.717, 1.165) is 18.4 Å². The van der Waals surface area contributed by atoms with Gasteiger partial charge < -0.3 is 0 Å². The molecule has 0 fully saturated rings. The van der Waals surface area contributed by atoms with Crippen molar-refractivity contribution in [2.24, 2.45) is 5.10 Å². The Morgan fingerprint density at radius 3 is 3.11 bits per heavy atom. The van der Waals surface area contributed by atoms with Crippen LogP contribution in [0.15, 0.2) is 33.4 Å². The van der Waals surface area contributed by atoms with E-state index in [1.165, 1.54) is 4.88 Å². The summed E-state index contributed by atoms with van der Waals surface area (Å²) >= 11 is 3.22. The Morgan fingerprint density at radius 2 is 2.39 bits per heavy atom. The summed E-state index contributed by atoms with van der Waals surface area (Å²) in [6.07, 6.45) is 3.77. The Labute approximate surface area is 114 Å². The molecule has 2 aromatic rings. The van der Waals surface area contributed by atoms with Crippen LogP contribution in [0.4, 0.5) is 0 Å². The normalized spacial score (nSPS) is 10.9. The first-order chi connectivity index (χ1) is 8.79. The summed E-state index contributed by atoms with van der Waals surface area (Å²) in [6.45, 7) is 2.13. The van der Waals surface area contributed by atoms with E-state index in [2.05, 4.69) is 17.5 Å². The van der Waals surface area contributed by atoms with Crippen LogP contribution in [0.2, 0.25) is 0 Å². The molecule has 0 bridgehead atoms. The molecule has 0 unspecified atom stereocenters. The molecule has 3 nitrogen and oxygen atoms in total. The van der Waals surface area contributed by atoms with Gasteiger partial charge in [-0.05, 0) is 29.3 Å². The molecule has 0 radical (unpaired) electrons. The number of thiophene rings is 2. The van der Waals surface area contributed by atoms with Crippen molar-refractivity contribution in [3.8, 4) is 0 Å². The fourth-order valence-electron chi connectivity index (χ4n) is 1.46. The molecule has 94 valence electrons. The van der Waals surface area contributed by atoms with E-state index < -0.39 is 0 Å². The van der Waals surface area contributed by atoms with Crippen molar-refractivity contribution in [2.45, 2.75) is 19.8 Å². The van der Waals surface area contributed by atoms with Gasteiger partial charge in [0.05, 0.1) is 11.8 Å². The Bertz CT molecular complexity index is 529. The molecular formula is C13H14N2OS2. The fraction of sp³-hybridized carbons (Fsp3) is 0.231. The van der Waals surface area contributed by atoms with Gasteiger partial charge in [-0.3, -0.25) is 4.79 Å². The van der Waals surface area contributed by atoms with E-state index in [4.69, 9.17) is 0 Å². The molecular weight excluding hydrogens is 264 g/mol. The molecule has 0 saturated carbocycles. The van der Waals surface area contributed by atoms with Gasteiger partial charge in [-0.1, -0.05) is 13.3 Å². The quantitative estimate of drug-likeness (QED) is 0.660. The van der Waals surface area contributed by atoms with Gasteiger partial charge in [0.2, 0.25) is 0 Å². The second-order valence-corrected chi connectivity index (χ2v) is 5.58. The molecule has 0 aliphatic carbocycles. The zero-order chi connectivity index (χ0) is 12.8.